The van der Waals surface area contributed by atoms with Crippen molar-refractivity contribution in [2.45, 2.75) is 45.0 Å². The van der Waals surface area contributed by atoms with Gasteiger partial charge in [0.2, 0.25) is 0 Å². The minimum absolute atomic E-state index is 0.0622. The van der Waals surface area contributed by atoms with Gasteiger partial charge in [-0.3, -0.25) is 4.98 Å². The van der Waals surface area contributed by atoms with Gasteiger partial charge < -0.3 is 19.6 Å². The summed E-state index contributed by atoms with van der Waals surface area (Å²) in [7, 11) is 0. The van der Waals surface area contributed by atoms with Gasteiger partial charge in [0, 0.05) is 25.0 Å². The molecule has 6 nitrogen and oxygen atoms in total. The van der Waals surface area contributed by atoms with E-state index in [4.69, 9.17) is 19.6 Å². The maximum absolute atomic E-state index is 11.2. The second-order valence-electron chi connectivity index (χ2n) is 5.37. The largest absolute Gasteiger partial charge is 0.488 e. The van der Waals surface area contributed by atoms with Gasteiger partial charge in [-0.1, -0.05) is 0 Å². The van der Waals surface area contributed by atoms with Gasteiger partial charge in [-0.25, -0.2) is 4.79 Å². The average molecular weight is 278 g/mol. The van der Waals surface area contributed by atoms with Crippen LogP contribution in [0.25, 0.3) is 11.1 Å². The summed E-state index contributed by atoms with van der Waals surface area (Å²) in [5, 5.41) is 0. The van der Waals surface area contributed by atoms with Crippen molar-refractivity contribution in [3.8, 4) is 5.75 Å². The molecule has 2 atom stereocenters. The molecule has 0 spiro atoms. The van der Waals surface area contributed by atoms with Crippen LogP contribution >= 0.6 is 0 Å². The number of H-pyrrole nitrogens is 1. The lowest BCUT2D eigenvalue weighted by Gasteiger charge is -2.32. The first-order valence-electron chi connectivity index (χ1n) is 6.75. The Hall–Kier alpha value is -1.95. The van der Waals surface area contributed by atoms with E-state index >= 15 is 0 Å². The first kappa shape index (κ1) is 13.1. The summed E-state index contributed by atoms with van der Waals surface area (Å²) in [5.74, 6) is 0.0747. The third-order valence-corrected chi connectivity index (χ3v) is 3.50. The highest BCUT2D eigenvalue weighted by atomic mass is 16.5. The molecular formula is C14H18N2O4. The number of nitrogens with two attached hydrogens (primary N) is 1. The first-order valence-corrected chi connectivity index (χ1v) is 6.75. The zero-order valence-corrected chi connectivity index (χ0v) is 11.5. The first-order chi connectivity index (χ1) is 9.51. The SMILES string of the molecule is CC1CC(Oc2cc3[nH]c(=O)oc3cc2N)CC(C)O1. The molecule has 108 valence electrons. The van der Waals surface area contributed by atoms with Crippen molar-refractivity contribution < 1.29 is 13.9 Å². The molecule has 6 heteroatoms. The lowest BCUT2D eigenvalue weighted by atomic mass is 10.0. The molecule has 1 fully saturated rings. The minimum Gasteiger partial charge on any atom is -0.488 e. The highest BCUT2D eigenvalue weighted by molar-refractivity contribution is 5.80. The molecule has 1 aliphatic heterocycles. The van der Waals surface area contributed by atoms with Crippen LogP contribution in [0.15, 0.2) is 21.3 Å². The Kier molecular flexibility index (Phi) is 3.17. The van der Waals surface area contributed by atoms with Crippen molar-refractivity contribution in [2.24, 2.45) is 0 Å². The molecule has 0 bridgehead atoms. The highest BCUT2D eigenvalue weighted by Crippen LogP contribution is 2.30. The number of hydrogen-bond donors (Lipinski definition) is 2. The number of oxazole rings is 1. The number of aromatic amines is 1. The number of anilines is 1. The Morgan fingerprint density at radius 3 is 2.70 bits per heavy atom. The van der Waals surface area contributed by atoms with Crippen molar-refractivity contribution in [1.29, 1.82) is 0 Å². The lowest BCUT2D eigenvalue weighted by Crippen LogP contribution is -2.35. The zero-order chi connectivity index (χ0) is 14.3. The van der Waals surface area contributed by atoms with E-state index in [9.17, 15) is 4.79 Å². The van der Waals surface area contributed by atoms with Gasteiger partial charge in [-0.15, -0.1) is 0 Å². The molecule has 1 aromatic carbocycles. The number of nitrogen functional groups attached to an aromatic ring is 1. The van der Waals surface area contributed by atoms with E-state index < -0.39 is 5.76 Å². The van der Waals surface area contributed by atoms with Crippen molar-refractivity contribution in [3.05, 3.63) is 22.7 Å². The van der Waals surface area contributed by atoms with Crippen LogP contribution in [-0.4, -0.2) is 23.3 Å². The predicted molar refractivity (Wildman–Crippen MR) is 74.9 cm³/mol. The molecule has 1 aromatic heterocycles. The lowest BCUT2D eigenvalue weighted by molar-refractivity contribution is -0.0719. The number of hydrogen-bond acceptors (Lipinski definition) is 5. The van der Waals surface area contributed by atoms with Crippen LogP contribution in [0.4, 0.5) is 5.69 Å². The third-order valence-electron chi connectivity index (χ3n) is 3.50. The number of nitrogens with one attached hydrogen (secondary N) is 1. The van der Waals surface area contributed by atoms with Crippen LogP contribution < -0.4 is 16.2 Å². The van der Waals surface area contributed by atoms with Crippen molar-refractivity contribution in [1.82, 2.24) is 4.98 Å². The zero-order valence-electron chi connectivity index (χ0n) is 11.5. The maximum Gasteiger partial charge on any atom is 0.417 e. The Labute approximate surface area is 115 Å². The van der Waals surface area contributed by atoms with Crippen LogP contribution in [0.2, 0.25) is 0 Å². The van der Waals surface area contributed by atoms with E-state index in [2.05, 4.69) is 4.98 Å². The summed E-state index contributed by atoms with van der Waals surface area (Å²) < 4.78 is 16.6. The summed E-state index contributed by atoms with van der Waals surface area (Å²) in [6.07, 6.45) is 2.05. The van der Waals surface area contributed by atoms with Gasteiger partial charge >= 0.3 is 5.76 Å². The van der Waals surface area contributed by atoms with Crippen molar-refractivity contribution in [2.75, 3.05) is 5.73 Å². The summed E-state index contributed by atoms with van der Waals surface area (Å²) in [4.78, 5) is 13.8. The molecule has 0 saturated carbocycles. The molecule has 0 aliphatic carbocycles. The molecule has 3 N–H and O–H groups in total. The number of rotatable bonds is 2. The fourth-order valence-electron chi connectivity index (χ4n) is 2.72. The molecule has 0 amide bonds. The third kappa shape index (κ3) is 2.51. The van der Waals surface area contributed by atoms with Crippen LogP contribution in [0.3, 0.4) is 0 Å². The van der Waals surface area contributed by atoms with Gasteiger partial charge in [0.05, 0.1) is 23.4 Å². The molecule has 2 unspecified atom stereocenters. The monoisotopic (exact) mass is 278 g/mol. The summed E-state index contributed by atoms with van der Waals surface area (Å²) >= 11 is 0. The van der Waals surface area contributed by atoms with E-state index in [0.29, 0.717) is 22.5 Å². The normalized spacial score (nSPS) is 26.8. The van der Waals surface area contributed by atoms with Crippen LogP contribution in [0.1, 0.15) is 26.7 Å². The Balaban J connectivity index is 1.86. The molecule has 20 heavy (non-hydrogen) atoms. The minimum atomic E-state index is -0.495. The van der Waals surface area contributed by atoms with E-state index in [1.165, 1.54) is 0 Å². The second-order valence-corrected chi connectivity index (χ2v) is 5.37. The highest BCUT2D eigenvalue weighted by Gasteiger charge is 2.26. The molecular weight excluding hydrogens is 260 g/mol. The molecule has 3 rings (SSSR count). The molecule has 0 radical (unpaired) electrons. The van der Waals surface area contributed by atoms with Crippen molar-refractivity contribution >= 4 is 16.8 Å². The smallest absolute Gasteiger partial charge is 0.417 e. The van der Waals surface area contributed by atoms with Gasteiger partial charge in [0.25, 0.3) is 0 Å². The molecule has 2 aromatic rings. The maximum atomic E-state index is 11.2. The predicted octanol–water partition coefficient (Wildman–Crippen LogP) is 2.04. The molecule has 2 heterocycles. The number of fused-ring (bicyclic) bond motifs is 1. The van der Waals surface area contributed by atoms with E-state index in [-0.39, 0.29) is 18.3 Å². The van der Waals surface area contributed by atoms with Gasteiger partial charge in [-0.2, -0.15) is 0 Å². The standard InChI is InChI=1S/C14H18N2O4/c1-7-3-9(4-8(2)18-7)19-12-6-11-13(5-10(12)15)20-14(17)16-11/h5-9H,3-4,15H2,1-2H3,(H,16,17). The van der Waals surface area contributed by atoms with E-state index in [0.717, 1.165) is 12.8 Å². The number of benzene rings is 1. The summed E-state index contributed by atoms with van der Waals surface area (Å²) in [5.41, 5.74) is 7.44. The van der Waals surface area contributed by atoms with Gasteiger partial charge in [0.15, 0.2) is 5.58 Å². The van der Waals surface area contributed by atoms with Crippen LogP contribution in [-0.2, 0) is 4.74 Å². The van der Waals surface area contributed by atoms with Crippen molar-refractivity contribution in [3.63, 3.8) is 0 Å². The van der Waals surface area contributed by atoms with E-state index in [1.807, 2.05) is 13.8 Å². The average Bonchev–Trinajstić information content (AvgIpc) is 2.67. The Bertz CT molecular complexity index is 665. The number of ether oxygens (including phenoxy) is 2. The van der Waals surface area contributed by atoms with E-state index in [1.54, 1.807) is 12.1 Å². The van der Waals surface area contributed by atoms with Gasteiger partial charge in [-0.05, 0) is 13.8 Å². The Morgan fingerprint density at radius 1 is 1.30 bits per heavy atom. The van der Waals surface area contributed by atoms with Gasteiger partial charge in [0.1, 0.15) is 11.9 Å². The second kappa shape index (κ2) is 4.86. The van der Waals surface area contributed by atoms with Crippen LogP contribution in [0.5, 0.6) is 5.75 Å². The molecule has 1 aliphatic rings. The quantitative estimate of drug-likeness (QED) is 0.820. The molecule has 1 saturated heterocycles. The fourth-order valence-corrected chi connectivity index (χ4v) is 2.72. The summed E-state index contributed by atoms with van der Waals surface area (Å²) in [6, 6.07) is 3.31. The fraction of sp³-hybridized carbons (Fsp3) is 0.500. The summed E-state index contributed by atoms with van der Waals surface area (Å²) in [6.45, 7) is 4.07. The topological polar surface area (TPSA) is 90.5 Å². The number of aromatic nitrogens is 1. The Morgan fingerprint density at radius 2 is 2.00 bits per heavy atom. The van der Waals surface area contributed by atoms with Crippen LogP contribution in [0, 0.1) is 0 Å².